The summed E-state index contributed by atoms with van der Waals surface area (Å²) < 4.78 is 37.2. The summed E-state index contributed by atoms with van der Waals surface area (Å²) in [4.78, 5) is 13.1. The zero-order chi connectivity index (χ0) is 30.2. The monoisotopic (exact) mass is 650 g/mol. The van der Waals surface area contributed by atoms with Crippen molar-refractivity contribution in [3.63, 3.8) is 0 Å². The van der Waals surface area contributed by atoms with Gasteiger partial charge >= 0.3 is 0 Å². The molecule has 0 saturated carbocycles. The Bertz CT molecular complexity index is 1730. The molecule has 0 aliphatic carbocycles. The van der Waals surface area contributed by atoms with Gasteiger partial charge in [-0.3, -0.25) is 4.79 Å². The zero-order valence-electron chi connectivity index (χ0n) is 22.6. The number of benzene rings is 3. The van der Waals surface area contributed by atoms with E-state index >= 15 is 0 Å². The second-order valence-electron chi connectivity index (χ2n) is 8.75. The van der Waals surface area contributed by atoms with Crippen molar-refractivity contribution in [1.82, 2.24) is 30.7 Å². The third-order valence-electron chi connectivity index (χ3n) is 5.80. The first-order valence-electron chi connectivity index (χ1n) is 12.8. The molecule has 220 valence electrons. The fourth-order valence-corrected chi connectivity index (χ4v) is 4.38. The van der Waals surface area contributed by atoms with Gasteiger partial charge in [0.15, 0.2) is 17.2 Å². The minimum absolute atomic E-state index is 0.0448. The highest BCUT2D eigenvalue weighted by atomic mass is 79.9. The summed E-state index contributed by atoms with van der Waals surface area (Å²) >= 11 is 3.51. The number of nitrogens with zero attached hydrogens (tertiary/aromatic N) is 6. The summed E-state index contributed by atoms with van der Waals surface area (Å²) in [6, 6.07) is 18.5. The van der Waals surface area contributed by atoms with E-state index < -0.39 is 5.91 Å². The molecule has 0 spiro atoms. The van der Waals surface area contributed by atoms with Gasteiger partial charge in [0.2, 0.25) is 11.6 Å². The molecule has 0 bridgehead atoms. The van der Waals surface area contributed by atoms with Crippen molar-refractivity contribution in [3.8, 4) is 23.1 Å². The molecule has 15 heteroatoms. The van der Waals surface area contributed by atoms with Crippen molar-refractivity contribution in [2.24, 2.45) is 5.10 Å². The van der Waals surface area contributed by atoms with Crippen LogP contribution in [-0.4, -0.2) is 44.0 Å². The molecule has 1 amide bonds. The minimum Gasteiger partial charge on any atom is -0.490 e. The topological polar surface area (TPSA) is 165 Å². The van der Waals surface area contributed by atoms with Crippen LogP contribution < -0.4 is 25.4 Å². The molecule has 3 aromatic carbocycles. The van der Waals surface area contributed by atoms with Crippen LogP contribution in [0.1, 0.15) is 34.2 Å². The quantitative estimate of drug-likeness (QED) is 0.145. The number of hydrogen-bond acceptors (Lipinski definition) is 11. The van der Waals surface area contributed by atoms with Crippen LogP contribution in [0, 0.1) is 5.82 Å². The third kappa shape index (κ3) is 7.13. The Morgan fingerprint density at radius 3 is 2.60 bits per heavy atom. The first kappa shape index (κ1) is 29.2. The number of aromatic nitrogens is 5. The van der Waals surface area contributed by atoms with Crippen LogP contribution in [0.2, 0.25) is 0 Å². The smallest absolute Gasteiger partial charge is 0.293 e. The summed E-state index contributed by atoms with van der Waals surface area (Å²) in [6.45, 7) is 2.33. The van der Waals surface area contributed by atoms with Crippen LogP contribution in [0.5, 0.6) is 17.2 Å². The van der Waals surface area contributed by atoms with Gasteiger partial charge in [0, 0.05) is 0 Å². The molecule has 0 aliphatic heterocycles. The summed E-state index contributed by atoms with van der Waals surface area (Å²) in [7, 11) is 0. The van der Waals surface area contributed by atoms with Gasteiger partial charge in [0.1, 0.15) is 30.5 Å². The Morgan fingerprint density at radius 2 is 1.88 bits per heavy atom. The minimum atomic E-state index is -0.660. The average Bonchev–Trinajstić information content (AvgIpc) is 3.62. The molecule has 2 aromatic heterocycles. The second kappa shape index (κ2) is 13.6. The predicted molar refractivity (Wildman–Crippen MR) is 156 cm³/mol. The third-order valence-corrected chi connectivity index (χ3v) is 6.39. The van der Waals surface area contributed by atoms with Crippen molar-refractivity contribution in [2.75, 3.05) is 12.3 Å². The molecule has 3 N–H and O–H groups in total. The number of hydrogen-bond donors (Lipinski definition) is 2. The van der Waals surface area contributed by atoms with Gasteiger partial charge in [-0.05, 0) is 80.7 Å². The van der Waals surface area contributed by atoms with Gasteiger partial charge < -0.3 is 19.9 Å². The summed E-state index contributed by atoms with van der Waals surface area (Å²) in [5.74, 6) is 0.504. The van der Waals surface area contributed by atoms with Crippen LogP contribution in [-0.2, 0) is 13.2 Å². The molecule has 0 saturated heterocycles. The number of nitrogen functional groups attached to an aromatic ring is 1. The Balaban J connectivity index is 1.32. The first-order chi connectivity index (χ1) is 20.9. The number of carbonyl (C=O) groups is 1. The highest BCUT2D eigenvalue weighted by molar-refractivity contribution is 9.10. The van der Waals surface area contributed by atoms with Gasteiger partial charge in [-0.2, -0.15) is 9.78 Å². The Morgan fingerprint density at radius 1 is 1.09 bits per heavy atom. The highest BCUT2D eigenvalue weighted by Gasteiger charge is 2.24. The van der Waals surface area contributed by atoms with E-state index in [1.54, 1.807) is 36.4 Å². The second-order valence-corrected chi connectivity index (χ2v) is 9.60. The number of carbonyl (C=O) groups excluding carboxylic acids is 1. The van der Waals surface area contributed by atoms with E-state index in [2.05, 4.69) is 51.7 Å². The molecule has 0 fully saturated rings. The van der Waals surface area contributed by atoms with Crippen LogP contribution >= 0.6 is 15.9 Å². The van der Waals surface area contributed by atoms with Crippen molar-refractivity contribution < 1.29 is 28.0 Å². The molecule has 0 aliphatic rings. The largest absolute Gasteiger partial charge is 0.490 e. The van der Waals surface area contributed by atoms with E-state index in [4.69, 9.17) is 19.9 Å². The number of nitrogens with one attached hydrogen (secondary N) is 1. The van der Waals surface area contributed by atoms with E-state index in [1.165, 1.54) is 23.0 Å². The van der Waals surface area contributed by atoms with E-state index in [9.17, 15) is 9.18 Å². The van der Waals surface area contributed by atoms with Gasteiger partial charge in [0.05, 0.1) is 17.3 Å². The molecule has 0 unspecified atom stereocenters. The van der Waals surface area contributed by atoms with Crippen molar-refractivity contribution in [3.05, 3.63) is 99.5 Å². The Labute approximate surface area is 252 Å². The maximum atomic E-state index is 13.2. The first-order valence-corrected chi connectivity index (χ1v) is 13.6. The lowest BCUT2D eigenvalue weighted by Crippen LogP contribution is -2.21. The van der Waals surface area contributed by atoms with Crippen LogP contribution in [0.3, 0.4) is 0 Å². The number of halogens is 2. The van der Waals surface area contributed by atoms with Crippen LogP contribution in [0.15, 0.2) is 80.9 Å². The normalized spacial score (nSPS) is 11.0. The van der Waals surface area contributed by atoms with Crippen LogP contribution in [0.4, 0.5) is 10.2 Å². The van der Waals surface area contributed by atoms with Crippen molar-refractivity contribution in [1.29, 1.82) is 0 Å². The standard InChI is InChI=1S/C28H24BrFN8O5/c1-2-40-23-13-18(12-21(29)25(23)42-15-17-8-10-19(30)11-9-17)14-32-34-28(39)24-22(16-41-20-6-4-3-5-7-20)38(37-33-24)27-26(31)35-43-36-27/h3-14H,2,15-16H2,1H3,(H2,31,35)(H,34,39). The number of anilines is 1. The summed E-state index contributed by atoms with van der Waals surface area (Å²) in [5.41, 5.74) is 9.83. The summed E-state index contributed by atoms with van der Waals surface area (Å²) in [6.07, 6.45) is 1.43. The average molecular weight is 651 g/mol. The molecule has 2 heterocycles. The fourth-order valence-electron chi connectivity index (χ4n) is 3.80. The van der Waals surface area contributed by atoms with Crippen LogP contribution in [0.25, 0.3) is 5.82 Å². The van der Waals surface area contributed by atoms with E-state index in [0.29, 0.717) is 33.9 Å². The van der Waals surface area contributed by atoms with Crippen molar-refractivity contribution in [2.45, 2.75) is 20.1 Å². The molecule has 0 atom stereocenters. The van der Waals surface area contributed by atoms with Crippen molar-refractivity contribution >= 4 is 33.9 Å². The van der Waals surface area contributed by atoms with E-state index in [0.717, 1.165) is 5.56 Å². The maximum Gasteiger partial charge on any atom is 0.293 e. The lowest BCUT2D eigenvalue weighted by atomic mass is 10.2. The van der Waals surface area contributed by atoms with Gasteiger partial charge in [-0.25, -0.2) is 14.4 Å². The van der Waals surface area contributed by atoms with Gasteiger partial charge in [-0.1, -0.05) is 35.5 Å². The summed E-state index contributed by atoms with van der Waals surface area (Å²) in [5, 5.41) is 19.3. The number of para-hydroxylation sites is 1. The molecule has 5 aromatic rings. The highest BCUT2D eigenvalue weighted by Crippen LogP contribution is 2.37. The SMILES string of the molecule is CCOc1cc(C=NNC(=O)c2nnn(-c3nonc3N)c2COc2ccccc2)cc(Br)c1OCc1ccc(F)cc1. The van der Waals surface area contributed by atoms with Gasteiger partial charge in [-0.15, -0.1) is 5.10 Å². The molecular weight excluding hydrogens is 627 g/mol. The number of hydrazone groups is 1. The van der Waals surface area contributed by atoms with E-state index in [-0.39, 0.29) is 42.1 Å². The predicted octanol–water partition coefficient (Wildman–Crippen LogP) is 4.45. The number of nitrogens with two attached hydrogens (primary N) is 1. The molecule has 5 rings (SSSR count). The lowest BCUT2D eigenvalue weighted by molar-refractivity contribution is 0.0947. The lowest BCUT2D eigenvalue weighted by Gasteiger charge is -2.14. The molecule has 0 radical (unpaired) electrons. The number of ether oxygens (including phenoxy) is 3. The molecule has 13 nitrogen and oxygen atoms in total. The molecular formula is C28H24BrFN8O5. The fraction of sp³-hybridized carbons (Fsp3) is 0.143. The number of rotatable bonds is 12. The van der Waals surface area contributed by atoms with Gasteiger partial charge in [0.25, 0.3) is 5.91 Å². The zero-order valence-corrected chi connectivity index (χ0v) is 24.2. The maximum absolute atomic E-state index is 13.2. The van der Waals surface area contributed by atoms with E-state index in [1.807, 2.05) is 25.1 Å². The molecule has 43 heavy (non-hydrogen) atoms. The Kier molecular flexibility index (Phi) is 9.21. The Hall–Kier alpha value is -5.31. The number of amides is 1.